The zero-order valence-corrected chi connectivity index (χ0v) is 17.4. The molecule has 1 aliphatic heterocycles. The molecule has 1 aromatic heterocycles. The molecule has 0 fully saturated rings. The minimum atomic E-state index is -0.340. The molecule has 2 aromatic carbocycles. The number of aryl methyl sites for hydroxylation is 1. The molecule has 2 amide bonds. The zero-order chi connectivity index (χ0) is 21.3. The molecule has 0 radical (unpaired) electrons. The van der Waals surface area contributed by atoms with Crippen LogP contribution in [0.15, 0.2) is 53.8 Å². The van der Waals surface area contributed by atoms with E-state index in [0.717, 1.165) is 16.8 Å². The summed E-state index contributed by atoms with van der Waals surface area (Å²) in [5.41, 5.74) is 3.89. The van der Waals surface area contributed by atoms with E-state index in [0.29, 0.717) is 29.4 Å². The van der Waals surface area contributed by atoms with E-state index < -0.39 is 0 Å². The van der Waals surface area contributed by atoms with Gasteiger partial charge in [-0.15, -0.1) is 0 Å². The first kappa shape index (κ1) is 20.2. The van der Waals surface area contributed by atoms with Crippen molar-refractivity contribution in [3.05, 3.63) is 71.3 Å². The van der Waals surface area contributed by atoms with Gasteiger partial charge in [0.15, 0.2) is 5.16 Å². The summed E-state index contributed by atoms with van der Waals surface area (Å²) in [6.07, 6.45) is 4.55. The number of amides is 2. The van der Waals surface area contributed by atoms with Crippen LogP contribution in [0.25, 0.3) is 5.69 Å². The summed E-state index contributed by atoms with van der Waals surface area (Å²) in [5, 5.41) is 6.52. The van der Waals surface area contributed by atoms with Crippen molar-refractivity contribution in [3.8, 4) is 5.69 Å². The Balaban J connectivity index is 1.58. The first-order valence-corrected chi connectivity index (χ1v) is 10.8. The van der Waals surface area contributed by atoms with E-state index in [1.54, 1.807) is 16.7 Å². The molecule has 1 aliphatic rings. The van der Waals surface area contributed by atoms with Crippen LogP contribution in [0.4, 0.5) is 10.1 Å². The van der Waals surface area contributed by atoms with Crippen molar-refractivity contribution < 1.29 is 14.0 Å². The fraction of sp³-hybridized carbons (Fsp3) is 0.227. The molecule has 30 heavy (non-hydrogen) atoms. The Hall–Kier alpha value is -3.13. The summed E-state index contributed by atoms with van der Waals surface area (Å²) in [7, 11) is 0. The van der Waals surface area contributed by atoms with Gasteiger partial charge in [0.25, 0.3) is 5.91 Å². The van der Waals surface area contributed by atoms with E-state index in [1.165, 1.54) is 30.1 Å². The molecular formula is C22H21FN4O2S. The fourth-order valence-corrected chi connectivity index (χ4v) is 4.05. The van der Waals surface area contributed by atoms with Crippen molar-refractivity contribution >= 4 is 29.3 Å². The molecule has 0 saturated heterocycles. The highest BCUT2D eigenvalue weighted by atomic mass is 32.2. The van der Waals surface area contributed by atoms with Crippen LogP contribution in [-0.4, -0.2) is 27.6 Å². The lowest BCUT2D eigenvalue weighted by molar-refractivity contribution is -0.116. The van der Waals surface area contributed by atoms with Gasteiger partial charge in [-0.1, -0.05) is 23.9 Å². The first-order chi connectivity index (χ1) is 14.5. The number of rotatable bonds is 5. The minimum Gasteiger partial charge on any atom is -0.344 e. The number of anilines is 1. The third-order valence-electron chi connectivity index (χ3n) is 5.10. The molecule has 0 spiro atoms. The molecule has 4 rings (SSSR count). The largest absolute Gasteiger partial charge is 0.344 e. The highest BCUT2D eigenvalue weighted by Gasteiger charge is 2.21. The molecule has 1 atom stereocenters. The Kier molecular flexibility index (Phi) is 5.59. The van der Waals surface area contributed by atoms with Crippen LogP contribution in [0.3, 0.4) is 0 Å². The number of aromatic nitrogens is 2. The normalized spacial score (nSPS) is 14.0. The number of thioether (sulfide) groups is 1. The summed E-state index contributed by atoms with van der Waals surface area (Å²) in [4.78, 5) is 28.9. The second kappa shape index (κ2) is 8.31. The van der Waals surface area contributed by atoms with Gasteiger partial charge in [0.2, 0.25) is 5.91 Å². The van der Waals surface area contributed by atoms with E-state index in [9.17, 15) is 14.0 Å². The highest BCUT2D eigenvalue weighted by molar-refractivity contribution is 7.98. The molecule has 0 unspecified atom stereocenters. The van der Waals surface area contributed by atoms with Crippen molar-refractivity contribution in [2.75, 3.05) is 11.6 Å². The number of imidazole rings is 1. The second-order valence-corrected chi connectivity index (χ2v) is 7.88. The van der Waals surface area contributed by atoms with Crippen LogP contribution < -0.4 is 10.6 Å². The van der Waals surface area contributed by atoms with Crippen molar-refractivity contribution in [2.24, 2.45) is 0 Å². The molecule has 3 aromatic rings. The van der Waals surface area contributed by atoms with Gasteiger partial charge in [0.05, 0.1) is 12.2 Å². The molecule has 2 heterocycles. The molecule has 0 bridgehead atoms. The predicted molar refractivity (Wildman–Crippen MR) is 115 cm³/mol. The maximum atomic E-state index is 13.3. The lowest BCUT2D eigenvalue weighted by atomic mass is 9.98. The van der Waals surface area contributed by atoms with E-state index in [1.807, 2.05) is 31.4 Å². The number of fused-ring (bicyclic) bond motifs is 1. The molecule has 0 saturated carbocycles. The van der Waals surface area contributed by atoms with Gasteiger partial charge < -0.3 is 10.6 Å². The molecule has 154 valence electrons. The Morgan fingerprint density at radius 3 is 2.73 bits per heavy atom. The second-order valence-electron chi connectivity index (χ2n) is 7.10. The third-order valence-corrected chi connectivity index (χ3v) is 5.76. The maximum Gasteiger partial charge on any atom is 0.270 e. The van der Waals surface area contributed by atoms with Gasteiger partial charge in [0, 0.05) is 17.8 Å². The Morgan fingerprint density at radius 2 is 2.00 bits per heavy atom. The average Bonchev–Trinajstić information content (AvgIpc) is 3.18. The van der Waals surface area contributed by atoms with Crippen molar-refractivity contribution in [3.63, 3.8) is 0 Å². The van der Waals surface area contributed by atoms with Crippen LogP contribution in [0, 0.1) is 5.82 Å². The summed E-state index contributed by atoms with van der Waals surface area (Å²) in [5.74, 6) is -0.589. The number of halogens is 1. The highest BCUT2D eigenvalue weighted by Crippen LogP contribution is 2.27. The van der Waals surface area contributed by atoms with Crippen molar-refractivity contribution in [1.29, 1.82) is 0 Å². The SMILES string of the molecule is CSc1ncc(C(=O)N[C@H](C)c2ccc3c(c2)CCC(=O)N3)n1-c1ccc(F)cc1. The average molecular weight is 425 g/mol. The number of nitrogens with one attached hydrogen (secondary N) is 2. The van der Waals surface area contributed by atoms with E-state index in [2.05, 4.69) is 15.6 Å². The third kappa shape index (κ3) is 3.95. The van der Waals surface area contributed by atoms with Gasteiger partial charge in [-0.05, 0) is 61.1 Å². The van der Waals surface area contributed by atoms with E-state index >= 15 is 0 Å². The van der Waals surface area contributed by atoms with Crippen molar-refractivity contribution in [1.82, 2.24) is 14.9 Å². The fourth-order valence-electron chi connectivity index (χ4n) is 3.51. The number of carbonyl (C=O) groups is 2. The van der Waals surface area contributed by atoms with Crippen LogP contribution in [-0.2, 0) is 11.2 Å². The summed E-state index contributed by atoms with van der Waals surface area (Å²) < 4.78 is 15.1. The molecule has 0 aliphatic carbocycles. The number of carbonyl (C=O) groups excluding carboxylic acids is 2. The Bertz CT molecular complexity index is 1110. The standard InChI is InChI=1S/C22H21FN4O2S/c1-13(14-3-9-18-15(11-14)4-10-20(28)26-18)25-21(29)19-12-24-22(30-2)27(19)17-7-5-16(23)6-8-17/h3,5-9,11-13H,4,10H2,1-2H3,(H,25,29)(H,26,28)/t13-/m1/s1. The van der Waals surface area contributed by atoms with E-state index in [4.69, 9.17) is 0 Å². The Labute approximate surface area is 177 Å². The smallest absolute Gasteiger partial charge is 0.270 e. The van der Waals surface area contributed by atoms with Gasteiger partial charge in [-0.25, -0.2) is 9.37 Å². The lowest BCUT2D eigenvalue weighted by Crippen LogP contribution is -2.29. The van der Waals surface area contributed by atoms with E-state index in [-0.39, 0.29) is 23.7 Å². The predicted octanol–water partition coefficient (Wildman–Crippen LogP) is 4.11. The van der Waals surface area contributed by atoms with Crippen LogP contribution in [0.5, 0.6) is 0 Å². The summed E-state index contributed by atoms with van der Waals surface area (Å²) in [6.45, 7) is 1.91. The quantitative estimate of drug-likeness (QED) is 0.605. The maximum absolute atomic E-state index is 13.3. The van der Waals surface area contributed by atoms with Gasteiger partial charge in [-0.3, -0.25) is 14.2 Å². The van der Waals surface area contributed by atoms with Crippen LogP contribution >= 0.6 is 11.8 Å². The summed E-state index contributed by atoms with van der Waals surface area (Å²) in [6, 6.07) is 11.5. The number of hydrogen-bond acceptors (Lipinski definition) is 4. The zero-order valence-electron chi connectivity index (χ0n) is 16.6. The van der Waals surface area contributed by atoms with Gasteiger partial charge in [-0.2, -0.15) is 0 Å². The lowest BCUT2D eigenvalue weighted by Gasteiger charge is -2.20. The number of hydrogen-bond donors (Lipinski definition) is 2. The van der Waals surface area contributed by atoms with Gasteiger partial charge in [0.1, 0.15) is 11.5 Å². The number of nitrogens with zero attached hydrogens (tertiary/aromatic N) is 2. The molecule has 8 heteroatoms. The van der Waals surface area contributed by atoms with Crippen LogP contribution in [0.2, 0.25) is 0 Å². The van der Waals surface area contributed by atoms with Crippen LogP contribution in [0.1, 0.15) is 41.0 Å². The molecule has 6 nitrogen and oxygen atoms in total. The number of benzene rings is 2. The van der Waals surface area contributed by atoms with Crippen molar-refractivity contribution in [2.45, 2.75) is 31.0 Å². The first-order valence-electron chi connectivity index (χ1n) is 9.57. The monoisotopic (exact) mass is 424 g/mol. The van der Waals surface area contributed by atoms with Gasteiger partial charge >= 0.3 is 0 Å². The Morgan fingerprint density at radius 1 is 1.23 bits per heavy atom. The molecular weight excluding hydrogens is 403 g/mol. The summed E-state index contributed by atoms with van der Waals surface area (Å²) >= 11 is 1.41. The topological polar surface area (TPSA) is 76.0 Å². The minimum absolute atomic E-state index is 0.0234. The molecule has 2 N–H and O–H groups in total.